The lowest BCUT2D eigenvalue weighted by Gasteiger charge is -2.45. The van der Waals surface area contributed by atoms with E-state index in [4.69, 9.17) is 26.4 Å². The van der Waals surface area contributed by atoms with E-state index in [1.54, 1.807) is 25.1 Å². The first kappa shape index (κ1) is 34.6. The Bertz CT molecular complexity index is 1590. The van der Waals surface area contributed by atoms with Crippen molar-refractivity contribution in [1.29, 1.82) is 0 Å². The second kappa shape index (κ2) is 12.8. The van der Waals surface area contributed by atoms with Crippen LogP contribution in [-0.2, 0) is 28.0 Å². The number of pyridine rings is 1. The van der Waals surface area contributed by atoms with E-state index in [-0.39, 0.29) is 28.7 Å². The summed E-state index contributed by atoms with van der Waals surface area (Å²) in [6.45, 7) is 22.2. The van der Waals surface area contributed by atoms with Crippen molar-refractivity contribution in [1.82, 2.24) is 19.7 Å². The van der Waals surface area contributed by atoms with Crippen LogP contribution in [0.5, 0.6) is 0 Å². The molecule has 2 aromatic heterocycles. The van der Waals surface area contributed by atoms with Gasteiger partial charge in [-0.25, -0.2) is 13.8 Å². The van der Waals surface area contributed by atoms with E-state index in [0.717, 1.165) is 5.69 Å². The number of nitrogens with zero attached hydrogens (tertiary/aromatic N) is 4. The topological polar surface area (TPSA) is 72.3 Å². The second-order valence-corrected chi connectivity index (χ2v) is 14.8. The summed E-state index contributed by atoms with van der Waals surface area (Å²) in [6, 6.07) is 8.36. The molecule has 0 amide bonds. The molecule has 7 nitrogen and oxygen atoms in total. The number of ether oxygens (including phenoxy) is 1. The van der Waals surface area contributed by atoms with Gasteiger partial charge in [0.05, 0.1) is 21.7 Å². The molecule has 1 aliphatic heterocycles. The summed E-state index contributed by atoms with van der Waals surface area (Å²) in [7, 11) is 0. The highest BCUT2D eigenvalue weighted by atomic mass is 35.5. The first-order chi connectivity index (χ1) is 20.8. The largest absolute Gasteiger partial charge is 0.460 e. The lowest BCUT2D eigenvalue weighted by molar-refractivity contribution is -0.172. The fourth-order valence-corrected chi connectivity index (χ4v) is 6.24. The van der Waals surface area contributed by atoms with Crippen molar-refractivity contribution >= 4 is 34.8 Å². The van der Waals surface area contributed by atoms with Crippen LogP contribution in [0, 0.1) is 24.0 Å². The molecule has 1 aromatic carbocycles. The number of hydrogen-bond donors (Lipinski definition) is 1. The van der Waals surface area contributed by atoms with E-state index < -0.39 is 28.6 Å². The highest BCUT2D eigenvalue weighted by Crippen LogP contribution is 2.42. The van der Waals surface area contributed by atoms with Crippen molar-refractivity contribution in [2.75, 3.05) is 11.9 Å². The Kier molecular flexibility index (Phi) is 9.86. The van der Waals surface area contributed by atoms with Gasteiger partial charge in [-0.3, -0.25) is 14.4 Å². The van der Waals surface area contributed by atoms with Gasteiger partial charge in [-0.1, -0.05) is 30.3 Å². The minimum Gasteiger partial charge on any atom is -0.460 e. The molecule has 0 unspecified atom stereocenters. The number of carbonyl (C=O) groups excluding carboxylic acids is 1. The predicted octanol–water partition coefficient (Wildman–Crippen LogP) is 8.60. The van der Waals surface area contributed by atoms with Gasteiger partial charge in [0.1, 0.15) is 17.2 Å². The number of esters is 1. The average Bonchev–Trinajstić information content (AvgIpc) is 3.29. The summed E-state index contributed by atoms with van der Waals surface area (Å²) in [5, 5.41) is 8.02. The van der Waals surface area contributed by atoms with E-state index in [1.165, 1.54) is 6.07 Å². The molecule has 0 bridgehead atoms. The molecule has 3 aromatic rings. The molecular weight excluding hydrogens is 596 g/mol. The van der Waals surface area contributed by atoms with Gasteiger partial charge in [0.2, 0.25) is 0 Å². The number of rotatable bonds is 8. The SMILES string of the molecule is C=C(C)c1cc(Nc2cc(C)n(C(C)(C)C)n2)nc(C[C@@]2(C(=O)OC(C)(C)C)CCN(Cc3cccc(Cl)c3F)[C@H](C)C2)c1F. The zero-order chi connectivity index (χ0) is 33.5. The van der Waals surface area contributed by atoms with Crippen LogP contribution in [0.2, 0.25) is 5.02 Å². The van der Waals surface area contributed by atoms with Gasteiger partial charge in [0.15, 0.2) is 11.6 Å². The summed E-state index contributed by atoms with van der Waals surface area (Å²) in [6.07, 6.45) is 0.786. The van der Waals surface area contributed by atoms with Crippen molar-refractivity contribution in [3.05, 3.63) is 76.1 Å². The standard InChI is InChI=1S/C35H46ClF2N5O2/c1-21(2)25-17-28(40-29-16-22(3)43(41-29)33(5,6)7)39-27(31(25)38)19-35(32(44)45-34(8,9)10)14-15-42(23(4)18-35)20-24-12-11-13-26(36)30(24)37/h11-13,16-17,23H,1,14-15,18-20H2,2-10H3,(H,39,40,41)/t23-,35-/m1/s1. The van der Waals surface area contributed by atoms with Crippen LogP contribution in [0.3, 0.4) is 0 Å². The third-order valence-corrected chi connectivity index (χ3v) is 8.49. The molecule has 3 heterocycles. The van der Waals surface area contributed by atoms with Gasteiger partial charge in [0.25, 0.3) is 0 Å². The molecule has 45 heavy (non-hydrogen) atoms. The average molecular weight is 642 g/mol. The normalized spacial score (nSPS) is 19.4. The van der Waals surface area contributed by atoms with Crippen LogP contribution in [0.15, 0.2) is 36.9 Å². The van der Waals surface area contributed by atoms with Crippen molar-refractivity contribution in [2.45, 2.75) is 105 Å². The Morgan fingerprint density at radius 3 is 2.42 bits per heavy atom. The molecule has 0 radical (unpaired) electrons. The van der Waals surface area contributed by atoms with Crippen molar-refractivity contribution in [3.8, 4) is 0 Å². The number of allylic oxidation sites excluding steroid dienone is 1. The summed E-state index contributed by atoms with van der Waals surface area (Å²) in [5.41, 5.74) is 0.436. The Morgan fingerprint density at radius 2 is 1.84 bits per heavy atom. The van der Waals surface area contributed by atoms with Gasteiger partial charge >= 0.3 is 5.97 Å². The number of nitrogens with one attached hydrogen (secondary N) is 1. The van der Waals surface area contributed by atoms with E-state index in [0.29, 0.717) is 54.3 Å². The molecule has 1 N–H and O–H groups in total. The van der Waals surface area contributed by atoms with Crippen LogP contribution in [0.4, 0.5) is 20.4 Å². The molecule has 1 fully saturated rings. The molecule has 0 saturated carbocycles. The molecule has 1 aliphatic rings. The quantitative estimate of drug-likeness (QED) is 0.248. The van der Waals surface area contributed by atoms with Gasteiger partial charge in [0, 0.05) is 41.9 Å². The molecule has 1 saturated heterocycles. The minimum atomic E-state index is -1.06. The molecule has 10 heteroatoms. The number of likely N-dealkylation sites (tertiary alicyclic amines) is 1. The van der Waals surface area contributed by atoms with Crippen LogP contribution < -0.4 is 5.32 Å². The van der Waals surface area contributed by atoms with Crippen molar-refractivity contribution < 1.29 is 18.3 Å². The molecule has 0 aliphatic carbocycles. The van der Waals surface area contributed by atoms with Crippen LogP contribution in [-0.4, -0.2) is 43.8 Å². The number of piperidine rings is 1. The third-order valence-electron chi connectivity index (χ3n) is 8.19. The van der Waals surface area contributed by atoms with E-state index in [9.17, 15) is 9.18 Å². The molecular formula is C35H46ClF2N5O2. The fourth-order valence-electron chi connectivity index (χ4n) is 6.04. The fraction of sp³-hybridized carbons (Fsp3) is 0.514. The Morgan fingerprint density at radius 1 is 1.16 bits per heavy atom. The molecule has 244 valence electrons. The number of aromatic nitrogens is 3. The second-order valence-electron chi connectivity index (χ2n) is 14.4. The number of benzene rings is 1. The first-order valence-electron chi connectivity index (χ1n) is 15.4. The van der Waals surface area contributed by atoms with E-state index in [1.807, 2.05) is 45.4 Å². The highest BCUT2D eigenvalue weighted by molar-refractivity contribution is 6.30. The van der Waals surface area contributed by atoms with Gasteiger partial charge in [-0.15, -0.1) is 0 Å². The smallest absolute Gasteiger partial charge is 0.313 e. The maximum Gasteiger partial charge on any atom is 0.313 e. The van der Waals surface area contributed by atoms with Gasteiger partial charge in [-0.05, 0) is 99.4 Å². The van der Waals surface area contributed by atoms with Crippen LogP contribution >= 0.6 is 11.6 Å². The van der Waals surface area contributed by atoms with E-state index >= 15 is 4.39 Å². The minimum absolute atomic E-state index is 0.0305. The lowest BCUT2D eigenvalue weighted by Crippen LogP contribution is -2.51. The van der Waals surface area contributed by atoms with Crippen LogP contribution in [0.1, 0.15) is 90.7 Å². The Labute approximate surface area is 271 Å². The maximum absolute atomic E-state index is 16.1. The van der Waals surface area contributed by atoms with Crippen molar-refractivity contribution in [3.63, 3.8) is 0 Å². The summed E-state index contributed by atoms with van der Waals surface area (Å²) in [4.78, 5) is 20.8. The highest BCUT2D eigenvalue weighted by Gasteiger charge is 2.47. The molecule has 2 atom stereocenters. The predicted molar refractivity (Wildman–Crippen MR) is 177 cm³/mol. The molecule has 4 rings (SSSR count). The first-order valence-corrected chi connectivity index (χ1v) is 15.8. The summed E-state index contributed by atoms with van der Waals surface area (Å²) >= 11 is 6.04. The number of hydrogen-bond acceptors (Lipinski definition) is 6. The number of anilines is 2. The summed E-state index contributed by atoms with van der Waals surface area (Å²) < 4.78 is 38.8. The van der Waals surface area contributed by atoms with Gasteiger partial charge in [-0.2, -0.15) is 5.10 Å². The number of halogens is 3. The molecule has 0 spiro atoms. The van der Waals surface area contributed by atoms with Crippen molar-refractivity contribution in [2.24, 2.45) is 5.41 Å². The lowest BCUT2D eigenvalue weighted by atomic mass is 9.71. The zero-order valence-electron chi connectivity index (χ0n) is 27.9. The Hall–Kier alpha value is -3.30. The van der Waals surface area contributed by atoms with Gasteiger partial charge < -0.3 is 10.1 Å². The summed E-state index contributed by atoms with van der Waals surface area (Å²) in [5.74, 6) is -0.364. The third kappa shape index (κ3) is 7.93. The van der Waals surface area contributed by atoms with E-state index in [2.05, 4.69) is 37.6 Å². The van der Waals surface area contributed by atoms with Crippen LogP contribution in [0.25, 0.3) is 5.57 Å². The number of aryl methyl sites for hydroxylation is 1. The maximum atomic E-state index is 16.1. The zero-order valence-corrected chi connectivity index (χ0v) is 28.7. The monoisotopic (exact) mass is 641 g/mol. The number of carbonyl (C=O) groups is 1. The Balaban J connectivity index is 1.70.